The van der Waals surface area contributed by atoms with E-state index < -0.39 is 0 Å². The summed E-state index contributed by atoms with van der Waals surface area (Å²) >= 11 is 9.31. The smallest absolute Gasteiger partial charge is 0.132 e. The molecular weight excluding hydrogens is 212 g/mol. The summed E-state index contributed by atoms with van der Waals surface area (Å²) in [6.45, 7) is 0. The van der Waals surface area contributed by atoms with Gasteiger partial charge in [0.2, 0.25) is 0 Å². The lowest BCUT2D eigenvalue weighted by Gasteiger charge is -1.99. The molecule has 0 spiro atoms. The molecule has 1 aromatic heterocycles. The van der Waals surface area contributed by atoms with E-state index in [2.05, 4.69) is 10.2 Å². The predicted molar refractivity (Wildman–Crippen MR) is 54.1 cm³/mol. The van der Waals surface area contributed by atoms with E-state index in [1.54, 1.807) is 11.3 Å². The highest BCUT2D eigenvalue weighted by Crippen LogP contribution is 2.33. The average Bonchev–Trinajstić information content (AvgIpc) is 2.75. The van der Waals surface area contributed by atoms with Crippen LogP contribution in [0.2, 0.25) is 0 Å². The molecule has 1 aliphatic rings. The number of alkyl halides is 1. The van der Waals surface area contributed by atoms with Crippen molar-refractivity contribution in [1.29, 1.82) is 0 Å². The fourth-order valence-electron chi connectivity index (χ4n) is 1.21. The van der Waals surface area contributed by atoms with Crippen molar-refractivity contribution in [1.82, 2.24) is 10.2 Å². The first-order chi connectivity index (χ1) is 5.90. The van der Waals surface area contributed by atoms with Crippen LogP contribution in [0.3, 0.4) is 0 Å². The molecule has 0 bridgehead atoms. The van der Waals surface area contributed by atoms with Crippen LogP contribution >= 0.6 is 34.7 Å². The molecule has 1 unspecified atom stereocenters. The van der Waals surface area contributed by atoms with Gasteiger partial charge >= 0.3 is 0 Å². The number of rotatable bonds is 2. The molecule has 1 fully saturated rings. The van der Waals surface area contributed by atoms with Gasteiger partial charge in [-0.1, -0.05) is 11.3 Å². The summed E-state index contributed by atoms with van der Waals surface area (Å²) in [7, 11) is 0. The van der Waals surface area contributed by atoms with Crippen LogP contribution in [-0.4, -0.2) is 21.7 Å². The van der Waals surface area contributed by atoms with E-state index in [1.807, 2.05) is 11.8 Å². The highest BCUT2D eigenvalue weighted by atomic mass is 35.5. The molecule has 66 valence electrons. The SMILES string of the molecule is ClCc1nnc(C2CCSC2)s1. The molecule has 2 nitrogen and oxygen atoms in total. The number of thioether (sulfide) groups is 1. The summed E-state index contributed by atoms with van der Waals surface area (Å²) in [6, 6.07) is 0. The summed E-state index contributed by atoms with van der Waals surface area (Å²) in [5.41, 5.74) is 0. The Labute approximate surface area is 84.7 Å². The van der Waals surface area contributed by atoms with Gasteiger partial charge in [-0.3, -0.25) is 0 Å². The number of hydrogen-bond acceptors (Lipinski definition) is 4. The minimum Gasteiger partial charge on any atom is -0.161 e. The standard InChI is InChI=1S/C7H9ClN2S2/c8-3-6-9-10-7(12-6)5-1-2-11-4-5/h5H,1-4H2. The first-order valence-electron chi connectivity index (χ1n) is 3.86. The fourth-order valence-corrected chi connectivity index (χ4v) is 3.59. The van der Waals surface area contributed by atoms with Crippen molar-refractivity contribution in [2.24, 2.45) is 0 Å². The Morgan fingerprint density at radius 3 is 3.00 bits per heavy atom. The van der Waals surface area contributed by atoms with Crippen molar-refractivity contribution in [2.75, 3.05) is 11.5 Å². The maximum atomic E-state index is 5.65. The minimum atomic E-state index is 0.498. The van der Waals surface area contributed by atoms with E-state index in [-0.39, 0.29) is 0 Å². The van der Waals surface area contributed by atoms with Crippen LogP contribution < -0.4 is 0 Å². The summed E-state index contributed by atoms with van der Waals surface area (Å²) in [6.07, 6.45) is 1.25. The Morgan fingerprint density at radius 1 is 1.50 bits per heavy atom. The molecular formula is C7H9ClN2S2. The molecule has 12 heavy (non-hydrogen) atoms. The van der Waals surface area contributed by atoms with Gasteiger partial charge in [-0.05, 0) is 12.2 Å². The zero-order chi connectivity index (χ0) is 8.39. The van der Waals surface area contributed by atoms with E-state index in [1.165, 1.54) is 22.9 Å². The lowest BCUT2D eigenvalue weighted by Crippen LogP contribution is -1.94. The second-order valence-electron chi connectivity index (χ2n) is 2.73. The third-order valence-corrected chi connectivity index (χ3v) is 4.54. The van der Waals surface area contributed by atoms with E-state index in [4.69, 9.17) is 11.6 Å². The second-order valence-corrected chi connectivity index (χ2v) is 5.24. The topological polar surface area (TPSA) is 25.8 Å². The maximum Gasteiger partial charge on any atom is 0.132 e. The molecule has 0 radical (unpaired) electrons. The Morgan fingerprint density at radius 2 is 2.42 bits per heavy atom. The first-order valence-corrected chi connectivity index (χ1v) is 6.36. The van der Waals surface area contributed by atoms with Gasteiger partial charge in [0.1, 0.15) is 10.0 Å². The van der Waals surface area contributed by atoms with Crippen molar-refractivity contribution in [3.8, 4) is 0 Å². The molecule has 0 N–H and O–H groups in total. The molecule has 1 aromatic rings. The molecule has 0 saturated carbocycles. The van der Waals surface area contributed by atoms with Crippen LogP contribution in [0.25, 0.3) is 0 Å². The summed E-state index contributed by atoms with van der Waals surface area (Å²) < 4.78 is 0. The van der Waals surface area contributed by atoms with Gasteiger partial charge in [0.25, 0.3) is 0 Å². The van der Waals surface area contributed by atoms with Crippen LogP contribution in [0.4, 0.5) is 0 Å². The lowest BCUT2D eigenvalue weighted by molar-refractivity contribution is 0.756. The number of halogens is 1. The molecule has 0 aliphatic carbocycles. The van der Waals surface area contributed by atoms with Crippen molar-refractivity contribution >= 4 is 34.7 Å². The molecule has 0 aromatic carbocycles. The molecule has 2 heterocycles. The normalized spacial score (nSPS) is 23.2. The lowest BCUT2D eigenvalue weighted by atomic mass is 10.1. The molecule has 5 heteroatoms. The van der Waals surface area contributed by atoms with Gasteiger partial charge in [0.05, 0.1) is 5.88 Å². The van der Waals surface area contributed by atoms with Crippen molar-refractivity contribution in [2.45, 2.75) is 18.2 Å². The minimum absolute atomic E-state index is 0.498. The van der Waals surface area contributed by atoms with Crippen molar-refractivity contribution in [3.63, 3.8) is 0 Å². The first kappa shape index (κ1) is 8.78. The number of hydrogen-bond donors (Lipinski definition) is 0. The average molecular weight is 221 g/mol. The van der Waals surface area contributed by atoms with Crippen LogP contribution in [0.1, 0.15) is 22.4 Å². The van der Waals surface area contributed by atoms with Crippen LogP contribution in [0.15, 0.2) is 0 Å². The van der Waals surface area contributed by atoms with Gasteiger partial charge in [0, 0.05) is 11.7 Å². The van der Waals surface area contributed by atoms with E-state index in [9.17, 15) is 0 Å². The Bertz CT molecular complexity index is 258. The van der Waals surface area contributed by atoms with E-state index in [0.29, 0.717) is 11.8 Å². The molecule has 1 atom stereocenters. The third kappa shape index (κ3) is 1.75. The second kappa shape index (κ2) is 3.94. The zero-order valence-electron chi connectivity index (χ0n) is 6.49. The summed E-state index contributed by atoms with van der Waals surface area (Å²) in [5, 5.41) is 10.3. The third-order valence-electron chi connectivity index (χ3n) is 1.88. The Balaban J connectivity index is 2.11. The number of aromatic nitrogens is 2. The molecule has 1 aliphatic heterocycles. The van der Waals surface area contributed by atoms with Crippen LogP contribution in [-0.2, 0) is 5.88 Å². The quantitative estimate of drug-likeness (QED) is 0.717. The highest BCUT2D eigenvalue weighted by Gasteiger charge is 2.21. The molecule has 0 amide bonds. The van der Waals surface area contributed by atoms with Gasteiger partial charge in [-0.25, -0.2) is 0 Å². The Kier molecular flexibility index (Phi) is 2.88. The van der Waals surface area contributed by atoms with Gasteiger partial charge in [-0.15, -0.1) is 21.8 Å². The summed E-state index contributed by atoms with van der Waals surface area (Å²) in [5.74, 6) is 3.61. The summed E-state index contributed by atoms with van der Waals surface area (Å²) in [4.78, 5) is 0. The molecule has 1 saturated heterocycles. The van der Waals surface area contributed by atoms with E-state index >= 15 is 0 Å². The molecule has 2 rings (SSSR count). The predicted octanol–water partition coefficient (Wildman–Crippen LogP) is 2.50. The van der Waals surface area contributed by atoms with Gasteiger partial charge in [0.15, 0.2) is 0 Å². The van der Waals surface area contributed by atoms with Gasteiger partial charge < -0.3 is 0 Å². The maximum absolute atomic E-state index is 5.65. The van der Waals surface area contributed by atoms with Crippen molar-refractivity contribution in [3.05, 3.63) is 10.0 Å². The highest BCUT2D eigenvalue weighted by molar-refractivity contribution is 7.99. The largest absolute Gasteiger partial charge is 0.161 e. The number of nitrogens with zero attached hydrogens (tertiary/aromatic N) is 2. The van der Waals surface area contributed by atoms with Crippen LogP contribution in [0.5, 0.6) is 0 Å². The van der Waals surface area contributed by atoms with Crippen molar-refractivity contribution < 1.29 is 0 Å². The fraction of sp³-hybridized carbons (Fsp3) is 0.714. The van der Waals surface area contributed by atoms with E-state index in [0.717, 1.165) is 5.01 Å². The van der Waals surface area contributed by atoms with Gasteiger partial charge in [-0.2, -0.15) is 11.8 Å². The zero-order valence-corrected chi connectivity index (χ0v) is 8.88. The Hall–Kier alpha value is 0.200. The van der Waals surface area contributed by atoms with Crippen LogP contribution in [0, 0.1) is 0 Å². The monoisotopic (exact) mass is 220 g/mol.